The maximum Gasteiger partial charge on any atom is 0.128 e. The summed E-state index contributed by atoms with van der Waals surface area (Å²) in [6.07, 6.45) is 5.47. The van der Waals surface area contributed by atoms with Crippen LogP contribution in [0.25, 0.3) is 11.3 Å². The average molecular weight is 451 g/mol. The summed E-state index contributed by atoms with van der Waals surface area (Å²) in [5.41, 5.74) is 7.46. The van der Waals surface area contributed by atoms with Crippen molar-refractivity contribution in [2.24, 2.45) is 11.8 Å². The van der Waals surface area contributed by atoms with E-state index in [1.807, 2.05) is 0 Å². The van der Waals surface area contributed by atoms with Gasteiger partial charge in [0.05, 0.1) is 18.9 Å². The molecule has 3 heterocycles. The number of hydrogen-bond acceptors (Lipinski definition) is 4. The summed E-state index contributed by atoms with van der Waals surface area (Å²) in [4.78, 5) is 7.79. The maximum absolute atomic E-state index is 6.73. The molecule has 1 aromatic carbocycles. The van der Waals surface area contributed by atoms with E-state index in [-0.39, 0.29) is 6.10 Å². The normalized spacial score (nSPS) is 22.5. The van der Waals surface area contributed by atoms with E-state index in [0.29, 0.717) is 0 Å². The summed E-state index contributed by atoms with van der Waals surface area (Å²) in [6, 6.07) is 8.91. The zero-order valence-electron chi connectivity index (χ0n) is 21.3. The van der Waals surface area contributed by atoms with Crippen LogP contribution < -0.4 is 4.74 Å². The van der Waals surface area contributed by atoms with E-state index in [4.69, 9.17) is 14.5 Å². The van der Waals surface area contributed by atoms with E-state index in [1.54, 1.807) is 0 Å². The van der Waals surface area contributed by atoms with Crippen molar-refractivity contribution < 1.29 is 9.47 Å². The molecule has 2 fully saturated rings. The lowest BCUT2D eigenvalue weighted by Crippen LogP contribution is -2.38. The third-order valence-electron chi connectivity index (χ3n) is 7.33. The van der Waals surface area contributed by atoms with Crippen molar-refractivity contribution in [2.75, 3.05) is 26.3 Å². The van der Waals surface area contributed by atoms with Gasteiger partial charge >= 0.3 is 0 Å². The molecule has 1 aromatic heterocycles. The Morgan fingerprint density at radius 3 is 2.27 bits per heavy atom. The molecule has 0 bridgehead atoms. The van der Waals surface area contributed by atoms with Gasteiger partial charge in [-0.2, -0.15) is 0 Å². The molecule has 2 atom stereocenters. The number of aromatic nitrogens is 1. The first-order chi connectivity index (χ1) is 16.0. The van der Waals surface area contributed by atoms with Gasteiger partial charge in [-0.05, 0) is 49.1 Å². The highest BCUT2D eigenvalue weighted by Crippen LogP contribution is 2.35. The summed E-state index contributed by atoms with van der Waals surface area (Å²) >= 11 is 0. The fraction of sp³-hybridized carbons (Fsp3) is 0.621. The molecule has 0 N–H and O–H groups in total. The molecule has 2 saturated heterocycles. The predicted molar refractivity (Wildman–Crippen MR) is 136 cm³/mol. The molecule has 2 aliphatic rings. The van der Waals surface area contributed by atoms with Gasteiger partial charge in [0, 0.05) is 55.4 Å². The molecule has 0 aliphatic carbocycles. The van der Waals surface area contributed by atoms with Crippen LogP contribution in [0.4, 0.5) is 0 Å². The summed E-state index contributed by atoms with van der Waals surface area (Å²) in [5.74, 6) is 2.51. The molecule has 4 rings (SSSR count). The highest BCUT2D eigenvalue weighted by Gasteiger charge is 2.26. The second-order valence-electron chi connectivity index (χ2n) is 10.3. The Morgan fingerprint density at radius 1 is 1.03 bits per heavy atom. The molecule has 0 spiro atoms. The molecule has 180 valence electrons. The van der Waals surface area contributed by atoms with Crippen LogP contribution in [0.15, 0.2) is 24.3 Å². The minimum absolute atomic E-state index is 0.221. The van der Waals surface area contributed by atoms with E-state index < -0.39 is 0 Å². The molecular weight excluding hydrogens is 408 g/mol. The number of nitrogens with zero attached hydrogens (tertiary/aromatic N) is 2. The lowest BCUT2D eigenvalue weighted by Gasteiger charge is -2.36. The largest absolute Gasteiger partial charge is 0.490 e. The number of benzene rings is 1. The Bertz CT molecular complexity index is 903. The summed E-state index contributed by atoms with van der Waals surface area (Å²) in [6.45, 7) is 16.2. The van der Waals surface area contributed by atoms with Gasteiger partial charge in [0.25, 0.3) is 0 Å². The average Bonchev–Trinajstić information content (AvgIpc) is 2.80. The zero-order chi connectivity index (χ0) is 23.4. The van der Waals surface area contributed by atoms with Crippen LogP contribution in [-0.2, 0) is 24.1 Å². The molecule has 2 aromatic rings. The number of pyridine rings is 1. The van der Waals surface area contributed by atoms with Gasteiger partial charge in [-0.15, -0.1) is 0 Å². The fourth-order valence-corrected chi connectivity index (χ4v) is 5.79. The Morgan fingerprint density at radius 2 is 1.67 bits per heavy atom. The van der Waals surface area contributed by atoms with Crippen LogP contribution in [0.2, 0.25) is 0 Å². The third kappa shape index (κ3) is 5.78. The Kier molecular flexibility index (Phi) is 8.08. The van der Waals surface area contributed by atoms with Crippen LogP contribution in [0, 0.1) is 18.8 Å². The van der Waals surface area contributed by atoms with Crippen molar-refractivity contribution in [1.29, 1.82) is 0 Å². The zero-order valence-corrected chi connectivity index (χ0v) is 21.3. The highest BCUT2D eigenvalue weighted by molar-refractivity contribution is 5.70. The number of ether oxygens (including phenoxy) is 2. The first-order valence-corrected chi connectivity index (χ1v) is 13.1. The van der Waals surface area contributed by atoms with E-state index in [2.05, 4.69) is 63.8 Å². The molecular formula is C29H42N2O2. The first kappa shape index (κ1) is 24.2. The smallest absolute Gasteiger partial charge is 0.128 e. The minimum Gasteiger partial charge on any atom is -0.490 e. The second kappa shape index (κ2) is 11.0. The Labute approximate surface area is 200 Å². The topological polar surface area (TPSA) is 34.6 Å². The van der Waals surface area contributed by atoms with Crippen molar-refractivity contribution in [2.45, 2.75) is 79.4 Å². The van der Waals surface area contributed by atoms with Crippen molar-refractivity contribution in [3.8, 4) is 17.0 Å². The van der Waals surface area contributed by atoms with Crippen molar-refractivity contribution in [3.05, 3.63) is 46.6 Å². The van der Waals surface area contributed by atoms with Crippen LogP contribution in [-0.4, -0.2) is 42.3 Å². The summed E-state index contributed by atoms with van der Waals surface area (Å²) in [7, 11) is 0. The summed E-state index contributed by atoms with van der Waals surface area (Å²) < 4.78 is 12.3. The van der Waals surface area contributed by atoms with Gasteiger partial charge in [0.2, 0.25) is 0 Å². The van der Waals surface area contributed by atoms with Crippen molar-refractivity contribution >= 4 is 0 Å². The lowest BCUT2D eigenvalue weighted by atomic mass is 9.91. The van der Waals surface area contributed by atoms with Gasteiger partial charge in [0.15, 0.2) is 0 Å². The van der Waals surface area contributed by atoms with Gasteiger partial charge < -0.3 is 9.47 Å². The van der Waals surface area contributed by atoms with Crippen LogP contribution >= 0.6 is 0 Å². The fourth-order valence-electron chi connectivity index (χ4n) is 5.79. The maximum atomic E-state index is 6.73. The quantitative estimate of drug-likeness (QED) is 0.502. The molecule has 0 amide bonds. The summed E-state index contributed by atoms with van der Waals surface area (Å²) in [5, 5.41) is 0. The third-order valence-corrected chi connectivity index (χ3v) is 7.33. The molecule has 33 heavy (non-hydrogen) atoms. The van der Waals surface area contributed by atoms with E-state index >= 15 is 0 Å². The van der Waals surface area contributed by atoms with Gasteiger partial charge in [-0.25, -0.2) is 0 Å². The van der Waals surface area contributed by atoms with Gasteiger partial charge in [-0.1, -0.05) is 45.9 Å². The molecule has 4 nitrogen and oxygen atoms in total. The standard InChI is InChI=1S/C29H42N2O2/c1-6-23-9-8-10-24(7-2)29(23)27-16-28(33-25-11-13-32-14-12-25)26(22(5)30-27)19-31-17-20(3)15-21(4)18-31/h8-10,16,20-21,25H,6-7,11-15,17-19H2,1-5H3/t20-,21-/m0/s1. The van der Waals surface area contributed by atoms with E-state index in [0.717, 1.165) is 87.5 Å². The molecule has 2 aliphatic heterocycles. The monoisotopic (exact) mass is 450 g/mol. The molecule has 0 radical (unpaired) electrons. The van der Waals surface area contributed by atoms with Crippen molar-refractivity contribution in [1.82, 2.24) is 9.88 Å². The molecule has 0 saturated carbocycles. The van der Waals surface area contributed by atoms with Gasteiger partial charge in [-0.3, -0.25) is 9.88 Å². The van der Waals surface area contributed by atoms with Crippen LogP contribution in [0.1, 0.15) is 69.3 Å². The van der Waals surface area contributed by atoms with Crippen LogP contribution in [0.5, 0.6) is 5.75 Å². The van der Waals surface area contributed by atoms with E-state index in [9.17, 15) is 0 Å². The number of likely N-dealkylation sites (tertiary alicyclic amines) is 1. The Hall–Kier alpha value is -1.91. The molecule has 4 heteroatoms. The SMILES string of the molecule is CCc1cccc(CC)c1-c1cc(OC2CCOCC2)c(CN2C[C@@H](C)C[C@H](C)C2)c(C)n1. The number of rotatable bonds is 7. The highest BCUT2D eigenvalue weighted by atomic mass is 16.5. The van der Waals surface area contributed by atoms with Crippen molar-refractivity contribution in [3.63, 3.8) is 0 Å². The number of hydrogen-bond donors (Lipinski definition) is 0. The molecule has 0 unspecified atom stereocenters. The Balaban J connectivity index is 1.74. The first-order valence-electron chi connectivity index (χ1n) is 13.1. The second-order valence-corrected chi connectivity index (χ2v) is 10.3. The lowest BCUT2D eigenvalue weighted by molar-refractivity contribution is 0.0246. The van der Waals surface area contributed by atoms with Crippen LogP contribution in [0.3, 0.4) is 0 Å². The van der Waals surface area contributed by atoms with Gasteiger partial charge in [0.1, 0.15) is 11.9 Å². The number of piperidine rings is 1. The van der Waals surface area contributed by atoms with E-state index in [1.165, 1.54) is 28.7 Å². The predicted octanol–water partition coefficient (Wildman–Crippen LogP) is 6.22. The number of aryl methyl sites for hydroxylation is 3. The minimum atomic E-state index is 0.221.